The molecule has 4 heteroatoms. The highest BCUT2D eigenvalue weighted by molar-refractivity contribution is 5.81. The van der Waals surface area contributed by atoms with Crippen molar-refractivity contribution in [1.29, 1.82) is 0 Å². The molecule has 2 rings (SSSR count). The average Bonchev–Trinajstić information content (AvgIpc) is 2.72. The standard InChI is InChI=1S/C17H32N2O2/c1-3-19-13-8-11-17(12-14-19,16(20)21-4-2)18-15-9-6-5-7-10-15/h15,18H,3-14H2,1-2H3. The Morgan fingerprint density at radius 2 is 1.90 bits per heavy atom. The van der Waals surface area contributed by atoms with Crippen LogP contribution in [-0.2, 0) is 9.53 Å². The quantitative estimate of drug-likeness (QED) is 0.792. The van der Waals surface area contributed by atoms with Crippen molar-refractivity contribution in [2.45, 2.75) is 76.8 Å². The fourth-order valence-corrected chi connectivity index (χ4v) is 3.82. The predicted octanol–water partition coefficient (Wildman–Crippen LogP) is 2.72. The Balaban J connectivity index is 2.07. The molecular weight excluding hydrogens is 264 g/mol. The predicted molar refractivity (Wildman–Crippen MR) is 85.3 cm³/mol. The fourth-order valence-electron chi connectivity index (χ4n) is 3.82. The molecule has 1 saturated carbocycles. The third-order valence-corrected chi connectivity index (χ3v) is 5.13. The number of carbonyl (C=O) groups is 1. The third-order valence-electron chi connectivity index (χ3n) is 5.13. The maximum Gasteiger partial charge on any atom is 0.326 e. The summed E-state index contributed by atoms with van der Waals surface area (Å²) < 4.78 is 5.43. The Morgan fingerprint density at radius 3 is 2.57 bits per heavy atom. The van der Waals surface area contributed by atoms with Gasteiger partial charge in [-0.2, -0.15) is 0 Å². The Kier molecular flexibility index (Phi) is 6.49. The second-order valence-corrected chi connectivity index (χ2v) is 6.57. The Hall–Kier alpha value is -0.610. The molecule has 2 aliphatic rings. The molecule has 1 aliphatic carbocycles. The Labute approximate surface area is 129 Å². The summed E-state index contributed by atoms with van der Waals surface area (Å²) in [4.78, 5) is 15.1. The zero-order valence-corrected chi connectivity index (χ0v) is 13.8. The highest BCUT2D eigenvalue weighted by Crippen LogP contribution is 2.28. The number of hydrogen-bond donors (Lipinski definition) is 1. The molecule has 122 valence electrons. The van der Waals surface area contributed by atoms with E-state index >= 15 is 0 Å². The number of carbonyl (C=O) groups excluding carboxylic acids is 1. The van der Waals surface area contributed by atoms with Gasteiger partial charge in [0, 0.05) is 12.6 Å². The minimum Gasteiger partial charge on any atom is -0.465 e. The summed E-state index contributed by atoms with van der Waals surface area (Å²) >= 11 is 0. The smallest absolute Gasteiger partial charge is 0.326 e. The summed E-state index contributed by atoms with van der Waals surface area (Å²) in [5.41, 5.74) is -0.443. The molecule has 1 atom stereocenters. The van der Waals surface area contributed by atoms with Crippen LogP contribution in [0.15, 0.2) is 0 Å². The largest absolute Gasteiger partial charge is 0.465 e. The van der Waals surface area contributed by atoms with Crippen molar-refractivity contribution < 1.29 is 9.53 Å². The van der Waals surface area contributed by atoms with E-state index in [2.05, 4.69) is 17.1 Å². The summed E-state index contributed by atoms with van der Waals surface area (Å²) in [6.45, 7) is 7.75. The van der Waals surface area contributed by atoms with Gasteiger partial charge in [-0.15, -0.1) is 0 Å². The maximum absolute atomic E-state index is 12.6. The van der Waals surface area contributed by atoms with Gasteiger partial charge in [0.25, 0.3) is 0 Å². The first-order valence-corrected chi connectivity index (χ1v) is 8.87. The summed E-state index contributed by atoms with van der Waals surface area (Å²) in [6, 6.07) is 0.497. The van der Waals surface area contributed by atoms with Crippen LogP contribution in [0.25, 0.3) is 0 Å². The first-order valence-electron chi connectivity index (χ1n) is 8.87. The SMILES string of the molecule is CCOC(=O)C1(NC2CCCCC2)CCCN(CC)CC1. The van der Waals surface area contributed by atoms with E-state index in [0.717, 1.165) is 38.9 Å². The number of likely N-dealkylation sites (tertiary alicyclic amines) is 1. The Morgan fingerprint density at radius 1 is 1.14 bits per heavy atom. The number of nitrogens with one attached hydrogen (secondary N) is 1. The van der Waals surface area contributed by atoms with Crippen LogP contribution >= 0.6 is 0 Å². The lowest BCUT2D eigenvalue weighted by Crippen LogP contribution is -2.57. The average molecular weight is 296 g/mol. The molecule has 0 bridgehead atoms. The highest BCUT2D eigenvalue weighted by Gasteiger charge is 2.42. The van der Waals surface area contributed by atoms with Gasteiger partial charge in [-0.05, 0) is 52.1 Å². The topological polar surface area (TPSA) is 41.6 Å². The van der Waals surface area contributed by atoms with Gasteiger partial charge in [0.2, 0.25) is 0 Å². The number of rotatable bonds is 5. The first kappa shape index (κ1) is 16.8. The molecule has 0 aromatic rings. The van der Waals surface area contributed by atoms with E-state index in [0.29, 0.717) is 12.6 Å². The zero-order valence-electron chi connectivity index (χ0n) is 13.8. The van der Waals surface area contributed by atoms with E-state index in [4.69, 9.17) is 4.74 Å². The van der Waals surface area contributed by atoms with Crippen LogP contribution in [0.3, 0.4) is 0 Å². The number of esters is 1. The summed E-state index contributed by atoms with van der Waals surface area (Å²) in [5, 5.41) is 3.74. The third kappa shape index (κ3) is 4.43. The fraction of sp³-hybridized carbons (Fsp3) is 0.941. The normalized spacial score (nSPS) is 29.0. The van der Waals surface area contributed by atoms with Crippen LogP contribution in [-0.4, -0.2) is 48.7 Å². The molecule has 0 aromatic carbocycles. The van der Waals surface area contributed by atoms with Crippen LogP contribution in [0.2, 0.25) is 0 Å². The molecule has 0 spiro atoms. The summed E-state index contributed by atoms with van der Waals surface area (Å²) in [6.07, 6.45) is 9.21. The zero-order chi connectivity index (χ0) is 15.1. The van der Waals surface area contributed by atoms with Gasteiger partial charge in [0.1, 0.15) is 5.54 Å². The Bertz CT molecular complexity index is 329. The molecule has 0 radical (unpaired) electrons. The van der Waals surface area contributed by atoms with Crippen molar-refractivity contribution >= 4 is 5.97 Å². The molecule has 0 aromatic heterocycles. The van der Waals surface area contributed by atoms with E-state index in [1.54, 1.807) is 0 Å². The van der Waals surface area contributed by atoms with Gasteiger partial charge in [-0.1, -0.05) is 26.2 Å². The molecule has 4 nitrogen and oxygen atoms in total. The van der Waals surface area contributed by atoms with Crippen LogP contribution in [0.1, 0.15) is 65.2 Å². The second-order valence-electron chi connectivity index (χ2n) is 6.57. The van der Waals surface area contributed by atoms with E-state index in [1.807, 2.05) is 6.92 Å². The van der Waals surface area contributed by atoms with Crippen molar-refractivity contribution in [3.8, 4) is 0 Å². The van der Waals surface area contributed by atoms with Crippen LogP contribution in [0, 0.1) is 0 Å². The van der Waals surface area contributed by atoms with Gasteiger partial charge in [0.15, 0.2) is 0 Å². The summed E-state index contributed by atoms with van der Waals surface area (Å²) in [7, 11) is 0. The monoisotopic (exact) mass is 296 g/mol. The molecule has 0 amide bonds. The first-order chi connectivity index (χ1) is 10.2. The molecule has 1 N–H and O–H groups in total. The van der Waals surface area contributed by atoms with Crippen molar-refractivity contribution in [3.05, 3.63) is 0 Å². The van der Waals surface area contributed by atoms with Gasteiger partial charge in [-0.25, -0.2) is 0 Å². The van der Waals surface area contributed by atoms with Gasteiger partial charge < -0.3 is 9.64 Å². The lowest BCUT2D eigenvalue weighted by atomic mass is 9.86. The highest BCUT2D eigenvalue weighted by atomic mass is 16.5. The number of nitrogens with zero attached hydrogens (tertiary/aromatic N) is 1. The van der Waals surface area contributed by atoms with E-state index in [9.17, 15) is 4.79 Å². The molecular formula is C17H32N2O2. The lowest BCUT2D eigenvalue weighted by molar-refractivity contribution is -0.152. The van der Waals surface area contributed by atoms with E-state index < -0.39 is 5.54 Å². The van der Waals surface area contributed by atoms with Crippen LogP contribution in [0.4, 0.5) is 0 Å². The molecule has 21 heavy (non-hydrogen) atoms. The molecule has 1 aliphatic heterocycles. The number of hydrogen-bond acceptors (Lipinski definition) is 4. The van der Waals surface area contributed by atoms with Crippen molar-refractivity contribution in [2.24, 2.45) is 0 Å². The molecule has 1 saturated heterocycles. The van der Waals surface area contributed by atoms with Gasteiger partial charge in [-0.3, -0.25) is 10.1 Å². The molecule has 1 unspecified atom stereocenters. The van der Waals surface area contributed by atoms with Crippen molar-refractivity contribution in [1.82, 2.24) is 10.2 Å². The van der Waals surface area contributed by atoms with E-state index in [-0.39, 0.29) is 5.97 Å². The number of ether oxygens (including phenoxy) is 1. The molecule has 2 fully saturated rings. The minimum absolute atomic E-state index is 0.0199. The second kappa shape index (κ2) is 8.14. The maximum atomic E-state index is 12.6. The van der Waals surface area contributed by atoms with E-state index in [1.165, 1.54) is 32.1 Å². The van der Waals surface area contributed by atoms with Crippen molar-refractivity contribution in [2.75, 3.05) is 26.2 Å². The summed E-state index contributed by atoms with van der Waals surface area (Å²) in [5.74, 6) is -0.0199. The minimum atomic E-state index is -0.443. The van der Waals surface area contributed by atoms with Crippen LogP contribution in [0.5, 0.6) is 0 Å². The van der Waals surface area contributed by atoms with Gasteiger partial charge in [0.05, 0.1) is 6.61 Å². The lowest BCUT2D eigenvalue weighted by Gasteiger charge is -2.37. The van der Waals surface area contributed by atoms with Crippen molar-refractivity contribution in [3.63, 3.8) is 0 Å². The van der Waals surface area contributed by atoms with Crippen LogP contribution < -0.4 is 5.32 Å². The van der Waals surface area contributed by atoms with Gasteiger partial charge >= 0.3 is 5.97 Å². The molecule has 1 heterocycles.